The zero-order valence-electron chi connectivity index (χ0n) is 15.3. The average molecular weight is 384 g/mol. The molecule has 2 aromatic carbocycles. The summed E-state index contributed by atoms with van der Waals surface area (Å²) in [6.45, 7) is 2.80. The van der Waals surface area contributed by atoms with E-state index >= 15 is 0 Å². The van der Waals surface area contributed by atoms with Gasteiger partial charge < -0.3 is 5.32 Å². The maximum absolute atomic E-state index is 12.3. The van der Waals surface area contributed by atoms with Gasteiger partial charge in [-0.1, -0.05) is 41.9 Å². The number of halogens is 1. The fraction of sp³-hybridized carbons (Fsp3) is 0.250. The van der Waals surface area contributed by atoms with Crippen LogP contribution in [0.25, 0.3) is 5.69 Å². The second-order valence-corrected chi connectivity index (χ2v) is 6.80. The Morgan fingerprint density at radius 2 is 1.96 bits per heavy atom. The van der Waals surface area contributed by atoms with Crippen molar-refractivity contribution in [1.29, 1.82) is 0 Å². The molecule has 3 aromatic rings. The summed E-state index contributed by atoms with van der Waals surface area (Å²) in [6, 6.07) is 15.7. The topological polar surface area (TPSA) is 63.1 Å². The lowest BCUT2D eigenvalue weighted by Crippen LogP contribution is -2.36. The van der Waals surface area contributed by atoms with E-state index in [0.29, 0.717) is 18.1 Å². The van der Waals surface area contributed by atoms with Gasteiger partial charge in [0.05, 0.1) is 12.2 Å². The van der Waals surface area contributed by atoms with Crippen LogP contribution in [0.2, 0.25) is 5.02 Å². The van der Waals surface area contributed by atoms with E-state index in [0.717, 1.165) is 16.8 Å². The molecule has 1 aromatic heterocycles. The summed E-state index contributed by atoms with van der Waals surface area (Å²) < 4.78 is 1.71. The summed E-state index contributed by atoms with van der Waals surface area (Å²) in [7, 11) is 1.94. The van der Waals surface area contributed by atoms with Gasteiger partial charge in [0.15, 0.2) is 0 Å². The van der Waals surface area contributed by atoms with Crippen LogP contribution in [0.1, 0.15) is 24.1 Å². The Labute approximate surface area is 163 Å². The molecule has 3 rings (SSSR count). The first-order valence-corrected chi connectivity index (χ1v) is 9.07. The number of rotatable bonds is 7. The van der Waals surface area contributed by atoms with Crippen LogP contribution in [0.5, 0.6) is 0 Å². The van der Waals surface area contributed by atoms with Crippen molar-refractivity contribution in [2.24, 2.45) is 0 Å². The predicted octanol–water partition coefficient (Wildman–Crippen LogP) is 3.23. The summed E-state index contributed by atoms with van der Waals surface area (Å²) in [5.41, 5.74) is 2.98. The molecule has 140 valence electrons. The minimum Gasteiger partial charge on any atom is -0.351 e. The van der Waals surface area contributed by atoms with E-state index in [1.807, 2.05) is 60.5 Å². The van der Waals surface area contributed by atoms with Gasteiger partial charge in [0.2, 0.25) is 5.91 Å². The molecule has 0 radical (unpaired) electrons. The van der Waals surface area contributed by atoms with Crippen molar-refractivity contribution in [2.45, 2.75) is 19.5 Å². The highest BCUT2D eigenvalue weighted by Gasteiger charge is 2.15. The van der Waals surface area contributed by atoms with Crippen LogP contribution in [0.4, 0.5) is 0 Å². The highest BCUT2D eigenvalue weighted by atomic mass is 35.5. The van der Waals surface area contributed by atoms with E-state index in [9.17, 15) is 4.79 Å². The lowest BCUT2D eigenvalue weighted by Gasteiger charge is -2.24. The number of nitrogens with zero attached hydrogens (tertiary/aromatic N) is 4. The molecular weight excluding hydrogens is 362 g/mol. The highest BCUT2D eigenvalue weighted by Crippen LogP contribution is 2.20. The minimum atomic E-state index is -0.0384. The molecule has 1 unspecified atom stereocenters. The number of hydrogen-bond donors (Lipinski definition) is 1. The molecule has 1 N–H and O–H groups in total. The highest BCUT2D eigenvalue weighted by molar-refractivity contribution is 6.31. The van der Waals surface area contributed by atoms with Crippen LogP contribution in [0.3, 0.4) is 0 Å². The maximum atomic E-state index is 12.3. The van der Waals surface area contributed by atoms with Crippen molar-refractivity contribution in [3.8, 4) is 5.69 Å². The molecule has 0 bridgehead atoms. The standard InChI is InChI=1S/C20H22ClN5O/c1-15(16-7-9-18(10-8-16)26-14-22-13-24-26)25(2)12-20(27)23-11-17-5-3-4-6-19(17)21/h3-10,13-15H,11-12H2,1-2H3,(H,23,27). The number of amides is 1. The second-order valence-electron chi connectivity index (χ2n) is 6.39. The molecule has 0 spiro atoms. The zero-order valence-corrected chi connectivity index (χ0v) is 16.1. The third kappa shape index (κ3) is 4.93. The molecule has 1 atom stereocenters. The third-order valence-corrected chi connectivity index (χ3v) is 4.92. The summed E-state index contributed by atoms with van der Waals surface area (Å²) in [6.07, 6.45) is 3.17. The van der Waals surface area contributed by atoms with Crippen molar-refractivity contribution in [3.05, 3.63) is 77.3 Å². The van der Waals surface area contributed by atoms with Crippen LogP contribution in [-0.4, -0.2) is 39.2 Å². The van der Waals surface area contributed by atoms with Crippen molar-refractivity contribution in [2.75, 3.05) is 13.6 Å². The third-order valence-electron chi connectivity index (χ3n) is 4.55. The number of carbonyl (C=O) groups excluding carboxylic acids is 1. The summed E-state index contributed by atoms with van der Waals surface area (Å²) in [4.78, 5) is 18.2. The van der Waals surface area contributed by atoms with Crippen LogP contribution < -0.4 is 5.32 Å². The number of nitrogens with one attached hydrogen (secondary N) is 1. The number of benzene rings is 2. The Balaban J connectivity index is 1.54. The lowest BCUT2D eigenvalue weighted by atomic mass is 10.1. The largest absolute Gasteiger partial charge is 0.351 e. The molecule has 27 heavy (non-hydrogen) atoms. The SMILES string of the molecule is CC(c1ccc(-n2cncn2)cc1)N(C)CC(=O)NCc1ccccc1Cl. The predicted molar refractivity (Wildman–Crippen MR) is 106 cm³/mol. The van der Waals surface area contributed by atoms with Crippen molar-refractivity contribution < 1.29 is 4.79 Å². The van der Waals surface area contributed by atoms with Crippen LogP contribution in [-0.2, 0) is 11.3 Å². The Morgan fingerprint density at radius 1 is 1.22 bits per heavy atom. The van der Waals surface area contributed by atoms with Gasteiger partial charge in [-0.3, -0.25) is 9.69 Å². The summed E-state index contributed by atoms with van der Waals surface area (Å²) in [5.74, 6) is -0.0384. The first kappa shape index (κ1) is 19.1. The molecular formula is C20H22ClN5O. The Morgan fingerprint density at radius 3 is 2.63 bits per heavy atom. The quantitative estimate of drug-likeness (QED) is 0.680. The fourth-order valence-corrected chi connectivity index (χ4v) is 2.96. The van der Waals surface area contributed by atoms with E-state index in [2.05, 4.69) is 22.3 Å². The molecule has 6 nitrogen and oxygen atoms in total. The lowest BCUT2D eigenvalue weighted by molar-refractivity contribution is -0.122. The van der Waals surface area contributed by atoms with Crippen LogP contribution in [0.15, 0.2) is 61.2 Å². The van der Waals surface area contributed by atoms with Crippen LogP contribution >= 0.6 is 11.6 Å². The second kappa shape index (κ2) is 8.79. The first-order chi connectivity index (χ1) is 13.0. The maximum Gasteiger partial charge on any atom is 0.234 e. The van der Waals surface area contributed by atoms with Gasteiger partial charge >= 0.3 is 0 Å². The number of likely N-dealkylation sites (N-methyl/N-ethyl adjacent to an activating group) is 1. The van der Waals surface area contributed by atoms with E-state index in [1.165, 1.54) is 6.33 Å². The molecule has 0 saturated heterocycles. The number of hydrogen-bond acceptors (Lipinski definition) is 4. The van der Waals surface area contributed by atoms with E-state index < -0.39 is 0 Å². The van der Waals surface area contributed by atoms with Gasteiger partial charge in [0.25, 0.3) is 0 Å². The van der Waals surface area contributed by atoms with Gasteiger partial charge in [-0.2, -0.15) is 5.10 Å². The Bertz CT molecular complexity index is 880. The Hall–Kier alpha value is -2.70. The number of aromatic nitrogens is 3. The van der Waals surface area contributed by atoms with Gasteiger partial charge in [0, 0.05) is 17.6 Å². The molecule has 0 aliphatic rings. The van der Waals surface area contributed by atoms with Crippen molar-refractivity contribution >= 4 is 17.5 Å². The monoisotopic (exact) mass is 383 g/mol. The summed E-state index contributed by atoms with van der Waals surface area (Å²) in [5, 5.41) is 7.70. The first-order valence-electron chi connectivity index (χ1n) is 8.70. The van der Waals surface area contributed by atoms with Gasteiger partial charge in [-0.25, -0.2) is 9.67 Å². The average Bonchev–Trinajstić information content (AvgIpc) is 3.21. The van der Waals surface area contributed by atoms with Gasteiger partial charge in [-0.15, -0.1) is 0 Å². The zero-order chi connectivity index (χ0) is 19.2. The molecule has 0 fully saturated rings. The molecule has 1 amide bonds. The smallest absolute Gasteiger partial charge is 0.234 e. The fourth-order valence-electron chi connectivity index (χ4n) is 2.76. The van der Waals surface area contributed by atoms with Gasteiger partial charge in [-0.05, 0) is 43.3 Å². The molecule has 0 aliphatic heterocycles. The van der Waals surface area contributed by atoms with E-state index in [-0.39, 0.29) is 11.9 Å². The van der Waals surface area contributed by atoms with E-state index in [1.54, 1.807) is 11.0 Å². The molecule has 0 aliphatic carbocycles. The minimum absolute atomic E-state index is 0.0384. The van der Waals surface area contributed by atoms with Gasteiger partial charge in [0.1, 0.15) is 12.7 Å². The Kier molecular flexibility index (Phi) is 6.21. The molecule has 1 heterocycles. The summed E-state index contributed by atoms with van der Waals surface area (Å²) >= 11 is 6.12. The van der Waals surface area contributed by atoms with Crippen molar-refractivity contribution in [3.63, 3.8) is 0 Å². The molecule has 0 saturated carbocycles. The van der Waals surface area contributed by atoms with Crippen molar-refractivity contribution in [1.82, 2.24) is 25.0 Å². The normalized spacial score (nSPS) is 12.1. The van der Waals surface area contributed by atoms with Crippen LogP contribution in [0, 0.1) is 0 Å². The molecule has 7 heteroatoms. The number of carbonyl (C=O) groups is 1. The van der Waals surface area contributed by atoms with E-state index in [4.69, 9.17) is 11.6 Å².